The standard InChI is InChI=1S/C50H77N3O18/c1-4-33-25-34(35(56)16-11-18-51-39(57)17-20-63-22-23-64-21-19-52-50(62)65-28-32-14-9-6-10-15-32)26-36(44(33)71-49-43(60)42(59)41(58)29(2)66-49)68-48-40(53-30(3)55)46-45(38(27-54)69-48)70-47(61)37(67-46)24-31-12-7-5-8-13-31/h6,9-10,14-15,29,31,33-34,36-38,40-46,48-49,54,58-60H,4-5,7-8,11-13,16-28H2,1-3H3,(H,51,57)(H,52,62)(H,53,55)/t29?,33?,34?,36-,37-,38+,40?,41-,42+,43?,44-,45+,46?,48-,49+/m1/s1. The average Bonchev–Trinajstić information content (AvgIpc) is 3.36. The number of esters is 1. The van der Waals surface area contributed by atoms with Crippen LogP contribution < -0.4 is 16.0 Å². The number of carbonyl (C=O) groups is 5. The van der Waals surface area contributed by atoms with Crippen molar-refractivity contribution in [2.75, 3.05) is 46.1 Å². The lowest BCUT2D eigenvalue weighted by atomic mass is 9.74. The van der Waals surface area contributed by atoms with E-state index in [4.69, 9.17) is 42.6 Å². The lowest BCUT2D eigenvalue weighted by molar-refractivity contribution is -0.342. The van der Waals surface area contributed by atoms with Gasteiger partial charge in [0.05, 0.1) is 51.3 Å². The van der Waals surface area contributed by atoms with Gasteiger partial charge in [0.2, 0.25) is 11.8 Å². The molecule has 400 valence electrons. The molecule has 6 unspecified atom stereocenters. The highest BCUT2D eigenvalue weighted by Crippen LogP contribution is 2.41. The van der Waals surface area contributed by atoms with E-state index in [1.165, 1.54) is 6.92 Å². The Morgan fingerprint density at radius 1 is 0.803 bits per heavy atom. The molecule has 0 radical (unpaired) electrons. The van der Waals surface area contributed by atoms with Gasteiger partial charge in [0.1, 0.15) is 49.0 Å². The van der Waals surface area contributed by atoms with Crippen molar-refractivity contribution in [2.24, 2.45) is 17.8 Å². The summed E-state index contributed by atoms with van der Waals surface area (Å²) in [7, 11) is 0. The van der Waals surface area contributed by atoms with Crippen LogP contribution in [0.3, 0.4) is 0 Å². The zero-order chi connectivity index (χ0) is 50.9. The number of nitrogens with one attached hydrogen (secondary N) is 3. The molecule has 3 saturated heterocycles. The molecule has 2 aliphatic carbocycles. The lowest BCUT2D eigenvalue weighted by Gasteiger charge is -2.51. The number of alkyl carbamates (subject to hydrolysis) is 1. The topological polar surface area (TPSA) is 285 Å². The van der Waals surface area contributed by atoms with Crippen molar-refractivity contribution in [1.29, 1.82) is 0 Å². The summed E-state index contributed by atoms with van der Waals surface area (Å²) in [5.41, 5.74) is 0.884. The number of ketones is 1. The maximum absolute atomic E-state index is 14.0. The number of amides is 3. The number of fused-ring (bicyclic) bond motifs is 1. The van der Waals surface area contributed by atoms with Gasteiger partial charge < -0.3 is 79.0 Å². The molecule has 0 spiro atoms. The van der Waals surface area contributed by atoms with Crippen LogP contribution in [0.5, 0.6) is 0 Å². The van der Waals surface area contributed by atoms with E-state index in [0.29, 0.717) is 25.7 Å². The van der Waals surface area contributed by atoms with Crippen LogP contribution in [-0.4, -0.2) is 176 Å². The average molecular weight is 1010 g/mol. The quantitative estimate of drug-likeness (QED) is 0.0542. The minimum Gasteiger partial charge on any atom is -0.455 e. The number of aliphatic hydroxyl groups excluding tert-OH is 4. The third kappa shape index (κ3) is 16.6. The molecular weight excluding hydrogens is 931 g/mol. The maximum Gasteiger partial charge on any atom is 0.407 e. The number of benzene rings is 1. The van der Waals surface area contributed by atoms with E-state index < -0.39 is 110 Å². The Morgan fingerprint density at radius 2 is 1.55 bits per heavy atom. The molecule has 3 aliphatic heterocycles. The van der Waals surface area contributed by atoms with Crippen LogP contribution in [0.15, 0.2) is 30.3 Å². The summed E-state index contributed by atoms with van der Waals surface area (Å²) in [6, 6.07) is 8.30. The largest absolute Gasteiger partial charge is 0.455 e. The van der Waals surface area contributed by atoms with Gasteiger partial charge in [-0.15, -0.1) is 0 Å². The number of aliphatic hydroxyl groups is 4. The number of rotatable bonds is 25. The van der Waals surface area contributed by atoms with E-state index in [9.17, 15) is 44.4 Å². The number of hydrogen-bond donors (Lipinski definition) is 7. The lowest BCUT2D eigenvalue weighted by Crippen LogP contribution is -2.70. The first kappa shape index (κ1) is 56.4. The first-order valence-electron chi connectivity index (χ1n) is 25.6. The SMILES string of the molecule is CCC1CC(C(=O)CCCNC(=O)CCOCCOCCNC(=O)OCc2ccccc2)C[C@@H](O[C@@H]2O[C@@H](CO)[C@@H]3OC(=O)[C@@H](CC4CCCCC4)OC3C2NC(C)=O)[C@@H]1O[C@@H]1OC(C)[C@@H](O)[C@H](O)C1O. The van der Waals surface area contributed by atoms with Gasteiger partial charge >= 0.3 is 12.1 Å². The van der Waals surface area contributed by atoms with E-state index in [1.54, 1.807) is 6.92 Å². The second-order valence-electron chi connectivity index (χ2n) is 19.4. The summed E-state index contributed by atoms with van der Waals surface area (Å²) in [5.74, 6) is -1.95. The molecule has 5 fully saturated rings. The van der Waals surface area contributed by atoms with Gasteiger partial charge in [-0.1, -0.05) is 75.8 Å². The van der Waals surface area contributed by atoms with Gasteiger partial charge in [-0.3, -0.25) is 14.4 Å². The minimum atomic E-state index is -1.62. The molecule has 15 atom stereocenters. The Morgan fingerprint density at radius 3 is 2.27 bits per heavy atom. The predicted molar refractivity (Wildman–Crippen MR) is 250 cm³/mol. The second kappa shape index (κ2) is 28.5. The number of carbonyl (C=O) groups excluding carboxylic acids is 5. The highest BCUT2D eigenvalue weighted by molar-refractivity contribution is 5.81. The third-order valence-electron chi connectivity index (χ3n) is 14.1. The molecule has 3 amide bonds. The molecule has 5 aliphatic rings. The molecule has 1 aromatic rings. The van der Waals surface area contributed by atoms with E-state index in [-0.39, 0.29) is 88.9 Å². The van der Waals surface area contributed by atoms with Crippen molar-refractivity contribution in [3.05, 3.63) is 35.9 Å². The zero-order valence-electron chi connectivity index (χ0n) is 41.3. The Labute approximate surface area is 415 Å². The number of ether oxygens (including phenoxy) is 9. The highest BCUT2D eigenvalue weighted by atomic mass is 16.7. The molecule has 0 bridgehead atoms. The molecule has 7 N–H and O–H groups in total. The van der Waals surface area contributed by atoms with E-state index in [2.05, 4.69) is 16.0 Å². The highest BCUT2D eigenvalue weighted by Gasteiger charge is 2.56. The van der Waals surface area contributed by atoms with Crippen LogP contribution in [0, 0.1) is 17.8 Å². The Balaban J connectivity index is 1.01. The van der Waals surface area contributed by atoms with Crippen molar-refractivity contribution >= 4 is 29.7 Å². The molecular formula is C50H77N3O18. The van der Waals surface area contributed by atoms with Crippen LogP contribution in [0.1, 0.15) is 103 Å². The van der Waals surface area contributed by atoms with E-state index >= 15 is 0 Å². The van der Waals surface area contributed by atoms with Gasteiger partial charge in [-0.05, 0) is 50.0 Å². The smallest absolute Gasteiger partial charge is 0.407 e. The summed E-state index contributed by atoms with van der Waals surface area (Å²) < 4.78 is 54.0. The predicted octanol–water partition coefficient (Wildman–Crippen LogP) is 1.71. The Hall–Kier alpha value is -3.87. The minimum absolute atomic E-state index is 0.0715. The molecule has 21 nitrogen and oxygen atoms in total. The van der Waals surface area contributed by atoms with E-state index in [0.717, 1.165) is 37.7 Å². The fourth-order valence-electron chi connectivity index (χ4n) is 10.2. The first-order chi connectivity index (χ1) is 34.3. The summed E-state index contributed by atoms with van der Waals surface area (Å²) in [6.45, 7) is 5.84. The third-order valence-corrected chi connectivity index (χ3v) is 14.1. The summed E-state index contributed by atoms with van der Waals surface area (Å²) in [5, 5.41) is 51.0. The van der Waals surface area contributed by atoms with Crippen molar-refractivity contribution in [3.8, 4) is 0 Å². The summed E-state index contributed by atoms with van der Waals surface area (Å²) >= 11 is 0. The van der Waals surface area contributed by atoms with Crippen LogP contribution in [0.25, 0.3) is 0 Å². The second-order valence-corrected chi connectivity index (χ2v) is 19.4. The monoisotopic (exact) mass is 1010 g/mol. The fourth-order valence-corrected chi connectivity index (χ4v) is 10.2. The fraction of sp³-hybridized carbons (Fsp3) is 0.780. The molecule has 6 rings (SSSR count). The summed E-state index contributed by atoms with van der Waals surface area (Å²) in [4.78, 5) is 64.6. The Kier molecular flexibility index (Phi) is 22.7. The molecule has 0 aromatic heterocycles. The van der Waals surface area contributed by atoms with E-state index in [1.807, 2.05) is 37.3 Å². The summed E-state index contributed by atoms with van der Waals surface area (Å²) in [6.07, 6.45) is -7.32. The van der Waals surface area contributed by atoms with Crippen LogP contribution in [-0.2, 0) is 68.4 Å². The van der Waals surface area contributed by atoms with Gasteiger partial charge in [0, 0.05) is 38.8 Å². The van der Waals surface area contributed by atoms with Crippen LogP contribution >= 0.6 is 0 Å². The Bertz CT molecular complexity index is 1820. The van der Waals surface area contributed by atoms with Crippen LogP contribution in [0.2, 0.25) is 0 Å². The number of hydrogen-bond acceptors (Lipinski definition) is 18. The molecule has 1 aromatic carbocycles. The van der Waals surface area contributed by atoms with Gasteiger partial charge in [0.15, 0.2) is 24.8 Å². The van der Waals surface area contributed by atoms with Crippen molar-refractivity contribution in [2.45, 2.75) is 184 Å². The normalized spacial score (nSPS) is 33.3. The molecule has 2 saturated carbocycles. The van der Waals surface area contributed by atoms with Gasteiger partial charge in [0.25, 0.3) is 0 Å². The van der Waals surface area contributed by atoms with Crippen LogP contribution in [0.4, 0.5) is 4.79 Å². The van der Waals surface area contributed by atoms with Crippen molar-refractivity contribution < 1.29 is 87.0 Å². The zero-order valence-corrected chi connectivity index (χ0v) is 41.3. The van der Waals surface area contributed by atoms with Crippen molar-refractivity contribution in [3.63, 3.8) is 0 Å². The maximum atomic E-state index is 14.0. The first-order valence-corrected chi connectivity index (χ1v) is 25.6. The molecule has 71 heavy (non-hydrogen) atoms. The van der Waals surface area contributed by atoms with Crippen molar-refractivity contribution in [1.82, 2.24) is 16.0 Å². The molecule has 3 heterocycles. The number of Topliss-reactive ketones (excluding diaryl/α,β-unsaturated/α-hetero) is 1. The van der Waals surface area contributed by atoms with Gasteiger partial charge in [-0.25, -0.2) is 9.59 Å². The van der Waals surface area contributed by atoms with Gasteiger partial charge in [-0.2, -0.15) is 0 Å². The molecule has 21 heteroatoms.